The first-order chi connectivity index (χ1) is 15.4. The van der Waals surface area contributed by atoms with Crippen molar-refractivity contribution >= 4 is 29.6 Å². The zero-order valence-corrected chi connectivity index (χ0v) is 18.1. The molecule has 0 radical (unpaired) electrons. The molecule has 2 aromatic carbocycles. The maximum Gasteiger partial charge on any atom is 0.335 e. The fourth-order valence-corrected chi connectivity index (χ4v) is 3.37. The van der Waals surface area contributed by atoms with Gasteiger partial charge in [0.15, 0.2) is 11.5 Å². The van der Waals surface area contributed by atoms with Gasteiger partial charge < -0.3 is 14.2 Å². The molecule has 0 aliphatic carbocycles. The standard InChI is InChI=1S/C24H24N2O6/c1-5-7-16-12-15(14-20(30-3)21(16)31-4)13-19-22(27)25-24(29)26(23(19)28)17-8-10-18(11-9-17)32-6-2/h5,8-14H,1,6-7H2,2-4H3,(H,25,27,29)/b19-13+. The normalized spacial score (nSPS) is 14.9. The van der Waals surface area contributed by atoms with Crippen LogP contribution < -0.4 is 24.4 Å². The quantitative estimate of drug-likeness (QED) is 0.387. The number of anilines is 1. The van der Waals surface area contributed by atoms with E-state index in [-0.39, 0.29) is 5.57 Å². The van der Waals surface area contributed by atoms with Crippen LogP contribution >= 0.6 is 0 Å². The Morgan fingerprint density at radius 2 is 1.78 bits per heavy atom. The Morgan fingerprint density at radius 1 is 1.06 bits per heavy atom. The van der Waals surface area contributed by atoms with Crippen LogP contribution in [0.1, 0.15) is 18.1 Å². The van der Waals surface area contributed by atoms with E-state index in [1.807, 2.05) is 6.92 Å². The van der Waals surface area contributed by atoms with Crippen molar-refractivity contribution < 1.29 is 28.6 Å². The molecule has 1 N–H and O–H groups in total. The number of methoxy groups -OCH3 is 2. The zero-order chi connectivity index (χ0) is 23.3. The minimum Gasteiger partial charge on any atom is -0.494 e. The maximum atomic E-state index is 13.1. The number of benzene rings is 2. The highest BCUT2D eigenvalue weighted by molar-refractivity contribution is 6.39. The van der Waals surface area contributed by atoms with E-state index in [1.165, 1.54) is 20.3 Å². The lowest BCUT2D eigenvalue weighted by atomic mass is 10.0. The van der Waals surface area contributed by atoms with E-state index in [0.29, 0.717) is 41.5 Å². The predicted octanol–water partition coefficient (Wildman–Crippen LogP) is 3.50. The van der Waals surface area contributed by atoms with Crippen molar-refractivity contribution in [2.24, 2.45) is 0 Å². The molecule has 8 nitrogen and oxygen atoms in total. The summed E-state index contributed by atoms with van der Waals surface area (Å²) in [6.07, 6.45) is 3.62. The molecule has 2 aromatic rings. The lowest BCUT2D eigenvalue weighted by Gasteiger charge is -2.26. The first-order valence-electron chi connectivity index (χ1n) is 9.93. The van der Waals surface area contributed by atoms with Crippen LogP contribution in [0.2, 0.25) is 0 Å². The summed E-state index contributed by atoms with van der Waals surface area (Å²) in [6, 6.07) is 9.05. The summed E-state index contributed by atoms with van der Waals surface area (Å²) in [7, 11) is 3.03. The summed E-state index contributed by atoms with van der Waals surface area (Å²) in [5.41, 5.74) is 1.44. The number of nitrogens with one attached hydrogen (secondary N) is 1. The van der Waals surface area contributed by atoms with E-state index in [2.05, 4.69) is 11.9 Å². The number of barbiturate groups is 1. The maximum absolute atomic E-state index is 13.1. The van der Waals surface area contributed by atoms with Crippen molar-refractivity contribution in [1.82, 2.24) is 5.32 Å². The third-order valence-electron chi connectivity index (χ3n) is 4.76. The molecule has 4 amide bonds. The third-order valence-corrected chi connectivity index (χ3v) is 4.76. The molecule has 1 aliphatic heterocycles. The van der Waals surface area contributed by atoms with Gasteiger partial charge in [0.05, 0.1) is 26.5 Å². The second kappa shape index (κ2) is 9.82. The van der Waals surface area contributed by atoms with Crippen LogP contribution in [0.15, 0.2) is 54.6 Å². The molecule has 0 spiro atoms. The first kappa shape index (κ1) is 22.6. The highest BCUT2D eigenvalue weighted by Crippen LogP contribution is 2.34. The number of amides is 4. The molecule has 0 bridgehead atoms. The van der Waals surface area contributed by atoms with Crippen LogP contribution in [0.4, 0.5) is 10.5 Å². The second-order valence-corrected chi connectivity index (χ2v) is 6.79. The van der Waals surface area contributed by atoms with Gasteiger partial charge in [-0.15, -0.1) is 6.58 Å². The van der Waals surface area contributed by atoms with E-state index in [1.54, 1.807) is 42.5 Å². The summed E-state index contributed by atoms with van der Waals surface area (Å²) >= 11 is 0. The topological polar surface area (TPSA) is 94.2 Å². The lowest BCUT2D eigenvalue weighted by molar-refractivity contribution is -0.122. The molecule has 1 saturated heterocycles. The first-order valence-corrected chi connectivity index (χ1v) is 9.93. The third kappa shape index (κ3) is 4.49. The van der Waals surface area contributed by atoms with Gasteiger partial charge in [0, 0.05) is 5.56 Å². The van der Waals surface area contributed by atoms with E-state index in [9.17, 15) is 14.4 Å². The molecule has 1 fully saturated rings. The van der Waals surface area contributed by atoms with E-state index in [0.717, 1.165) is 10.5 Å². The Morgan fingerprint density at radius 3 is 2.38 bits per heavy atom. The predicted molar refractivity (Wildman–Crippen MR) is 120 cm³/mol. The van der Waals surface area contributed by atoms with Crippen molar-refractivity contribution in [3.63, 3.8) is 0 Å². The number of ether oxygens (including phenoxy) is 3. The van der Waals surface area contributed by atoms with Gasteiger partial charge in [-0.2, -0.15) is 0 Å². The lowest BCUT2D eigenvalue weighted by Crippen LogP contribution is -2.54. The minimum absolute atomic E-state index is 0.185. The van der Waals surface area contributed by atoms with Gasteiger partial charge >= 0.3 is 6.03 Å². The summed E-state index contributed by atoms with van der Waals surface area (Å²) in [4.78, 5) is 38.9. The van der Waals surface area contributed by atoms with Crippen LogP contribution in [0.3, 0.4) is 0 Å². The van der Waals surface area contributed by atoms with Crippen molar-refractivity contribution in [3.05, 3.63) is 65.8 Å². The number of imide groups is 2. The molecule has 166 valence electrons. The van der Waals surface area contributed by atoms with E-state index >= 15 is 0 Å². The molecule has 3 rings (SSSR count). The largest absolute Gasteiger partial charge is 0.494 e. The summed E-state index contributed by atoms with van der Waals surface area (Å²) in [5, 5.41) is 2.21. The zero-order valence-electron chi connectivity index (χ0n) is 18.1. The van der Waals surface area contributed by atoms with Gasteiger partial charge in [0.25, 0.3) is 11.8 Å². The summed E-state index contributed by atoms with van der Waals surface area (Å²) in [5.74, 6) is 0.0835. The minimum atomic E-state index is -0.819. The number of hydrogen-bond donors (Lipinski definition) is 1. The van der Waals surface area contributed by atoms with E-state index < -0.39 is 17.8 Å². The van der Waals surface area contributed by atoms with Gasteiger partial charge in [0.2, 0.25) is 0 Å². The van der Waals surface area contributed by atoms with Gasteiger partial charge in [-0.25, -0.2) is 9.69 Å². The molecule has 0 saturated carbocycles. The van der Waals surface area contributed by atoms with Gasteiger partial charge in [-0.3, -0.25) is 14.9 Å². The Balaban J connectivity index is 2.02. The van der Waals surface area contributed by atoms with Crippen LogP contribution in [-0.4, -0.2) is 38.7 Å². The van der Waals surface area contributed by atoms with Crippen molar-refractivity contribution in [2.45, 2.75) is 13.3 Å². The number of urea groups is 1. The molecule has 8 heteroatoms. The van der Waals surface area contributed by atoms with Crippen LogP contribution in [0.5, 0.6) is 17.2 Å². The molecule has 1 heterocycles. The van der Waals surface area contributed by atoms with Crippen LogP contribution in [-0.2, 0) is 16.0 Å². The number of rotatable bonds is 8. The monoisotopic (exact) mass is 436 g/mol. The average Bonchev–Trinajstić information content (AvgIpc) is 2.77. The Bertz CT molecular complexity index is 1090. The molecule has 1 aliphatic rings. The number of hydrogen-bond acceptors (Lipinski definition) is 6. The molecule has 0 atom stereocenters. The van der Waals surface area contributed by atoms with Crippen LogP contribution in [0.25, 0.3) is 6.08 Å². The fraction of sp³-hybridized carbons (Fsp3) is 0.208. The molecule has 0 aromatic heterocycles. The number of carbonyl (C=O) groups is 3. The summed E-state index contributed by atoms with van der Waals surface area (Å²) < 4.78 is 16.2. The van der Waals surface area contributed by atoms with Crippen molar-refractivity contribution in [3.8, 4) is 17.2 Å². The highest BCUT2D eigenvalue weighted by Gasteiger charge is 2.36. The second-order valence-electron chi connectivity index (χ2n) is 6.79. The molecule has 0 unspecified atom stereocenters. The Labute approximate surface area is 186 Å². The van der Waals surface area contributed by atoms with Crippen LogP contribution in [0, 0.1) is 0 Å². The number of allylic oxidation sites excluding steroid dienone is 1. The summed E-state index contributed by atoms with van der Waals surface area (Å²) in [6.45, 7) is 6.09. The van der Waals surface area contributed by atoms with Gasteiger partial charge in [-0.05, 0) is 61.4 Å². The molecular weight excluding hydrogens is 412 g/mol. The fourth-order valence-electron chi connectivity index (χ4n) is 3.37. The van der Waals surface area contributed by atoms with E-state index in [4.69, 9.17) is 14.2 Å². The number of nitrogens with zero attached hydrogens (tertiary/aromatic N) is 1. The average molecular weight is 436 g/mol. The highest BCUT2D eigenvalue weighted by atomic mass is 16.5. The van der Waals surface area contributed by atoms with Crippen molar-refractivity contribution in [1.29, 1.82) is 0 Å². The number of carbonyl (C=O) groups excluding carboxylic acids is 3. The van der Waals surface area contributed by atoms with Gasteiger partial charge in [-0.1, -0.05) is 6.08 Å². The SMILES string of the molecule is C=CCc1cc(/C=C2\C(=O)NC(=O)N(c3ccc(OCC)cc3)C2=O)cc(OC)c1OC. The van der Waals surface area contributed by atoms with Crippen molar-refractivity contribution in [2.75, 3.05) is 25.7 Å². The Hall–Kier alpha value is -4.07. The molecule has 32 heavy (non-hydrogen) atoms. The van der Waals surface area contributed by atoms with Gasteiger partial charge in [0.1, 0.15) is 11.3 Å². The smallest absolute Gasteiger partial charge is 0.335 e. The Kier molecular flexibility index (Phi) is 6.94. The molecular formula is C24H24N2O6.